The molecule has 114 valence electrons. The molecule has 0 aromatic heterocycles. The minimum atomic E-state index is -0.595. The second-order valence-corrected chi connectivity index (χ2v) is 5.49. The third kappa shape index (κ3) is 2.93. The highest BCUT2D eigenvalue weighted by atomic mass is 16.6. The Morgan fingerprint density at radius 3 is 2.43 bits per heavy atom. The van der Waals surface area contributed by atoms with Gasteiger partial charge >= 0.3 is 6.09 Å². The van der Waals surface area contributed by atoms with Gasteiger partial charge in [-0.05, 0) is 26.3 Å². The van der Waals surface area contributed by atoms with E-state index in [1.54, 1.807) is 6.92 Å². The maximum absolute atomic E-state index is 12.3. The molecule has 1 heterocycles. The van der Waals surface area contributed by atoms with Crippen LogP contribution in [0.2, 0.25) is 0 Å². The zero-order valence-electron chi connectivity index (χ0n) is 12.9. The van der Waals surface area contributed by atoms with Crippen LogP contribution in [0.4, 0.5) is 4.79 Å². The molecular weight excluding hydrogens is 268 g/mol. The van der Waals surface area contributed by atoms with Crippen molar-refractivity contribution in [3.8, 4) is 0 Å². The van der Waals surface area contributed by atoms with Gasteiger partial charge in [0.25, 0.3) is 0 Å². The van der Waals surface area contributed by atoms with Gasteiger partial charge in [0.05, 0.1) is 6.04 Å². The fourth-order valence-electron chi connectivity index (χ4n) is 2.74. The number of imide groups is 1. The molecule has 0 unspecified atom stereocenters. The summed E-state index contributed by atoms with van der Waals surface area (Å²) in [5.74, 6) is -0.243. The molecule has 0 bridgehead atoms. The lowest BCUT2D eigenvalue weighted by Gasteiger charge is -2.46. The number of hydrogen-bond acceptors (Lipinski definition) is 4. The summed E-state index contributed by atoms with van der Waals surface area (Å²) in [5, 5.41) is 2.96. The maximum atomic E-state index is 12.3. The number of hydrogen-bond donors (Lipinski definition) is 0. The molecule has 2 atom stereocenters. The number of nitrogens with zero attached hydrogens (tertiary/aromatic N) is 2. The number of hydrazine groups is 1. The van der Waals surface area contributed by atoms with Gasteiger partial charge in [0.15, 0.2) is 0 Å². The van der Waals surface area contributed by atoms with Crippen LogP contribution in [0.5, 0.6) is 0 Å². The zero-order valence-corrected chi connectivity index (χ0v) is 12.9. The average molecular weight is 290 g/mol. The number of carbonyl (C=O) groups is 2. The first-order chi connectivity index (χ1) is 9.97. The Morgan fingerprint density at radius 1 is 1.29 bits per heavy atom. The predicted molar refractivity (Wildman–Crippen MR) is 79.2 cm³/mol. The molecule has 1 aromatic rings. The highest BCUT2D eigenvalue weighted by molar-refractivity contribution is 5.91. The van der Waals surface area contributed by atoms with Crippen LogP contribution in [0.3, 0.4) is 0 Å². The Morgan fingerprint density at radius 2 is 1.90 bits per heavy atom. The zero-order chi connectivity index (χ0) is 15.6. The molecule has 2 amide bonds. The number of rotatable bonds is 3. The summed E-state index contributed by atoms with van der Waals surface area (Å²) in [6.45, 7) is 7.64. The van der Waals surface area contributed by atoms with Crippen molar-refractivity contribution in [1.82, 2.24) is 10.0 Å². The van der Waals surface area contributed by atoms with E-state index in [4.69, 9.17) is 4.74 Å². The van der Waals surface area contributed by atoms with E-state index in [1.165, 1.54) is 0 Å². The van der Waals surface area contributed by atoms with E-state index in [-0.39, 0.29) is 30.5 Å². The molecular formula is C16H22N2O3. The van der Waals surface area contributed by atoms with Gasteiger partial charge < -0.3 is 4.74 Å². The Kier molecular flexibility index (Phi) is 4.63. The van der Waals surface area contributed by atoms with Crippen molar-refractivity contribution in [2.24, 2.45) is 0 Å². The first-order valence-corrected chi connectivity index (χ1v) is 7.34. The SMILES string of the molecule is CCC(=O)N1C(=O)O[C@H](c2ccccc2)[C@H](C)N1C(C)C. The minimum Gasteiger partial charge on any atom is -0.438 e. The summed E-state index contributed by atoms with van der Waals surface area (Å²) in [6.07, 6.45) is -0.703. The van der Waals surface area contributed by atoms with Crippen LogP contribution in [0.1, 0.15) is 45.8 Å². The van der Waals surface area contributed by atoms with Gasteiger partial charge in [0.2, 0.25) is 5.91 Å². The third-order valence-corrected chi connectivity index (χ3v) is 3.68. The molecule has 5 heteroatoms. The molecule has 1 saturated heterocycles. The van der Waals surface area contributed by atoms with Crippen molar-refractivity contribution >= 4 is 12.0 Å². The molecule has 5 nitrogen and oxygen atoms in total. The third-order valence-electron chi connectivity index (χ3n) is 3.68. The summed E-state index contributed by atoms with van der Waals surface area (Å²) >= 11 is 0. The lowest BCUT2D eigenvalue weighted by atomic mass is 10.0. The molecule has 1 fully saturated rings. The Bertz CT molecular complexity index is 516. The van der Waals surface area contributed by atoms with E-state index in [9.17, 15) is 9.59 Å². The summed E-state index contributed by atoms with van der Waals surface area (Å²) in [7, 11) is 0. The second-order valence-electron chi connectivity index (χ2n) is 5.49. The molecule has 0 spiro atoms. The number of benzene rings is 1. The van der Waals surface area contributed by atoms with Gasteiger partial charge in [0, 0.05) is 12.5 Å². The molecule has 21 heavy (non-hydrogen) atoms. The second kappa shape index (κ2) is 6.26. The van der Waals surface area contributed by atoms with Gasteiger partial charge in [-0.2, -0.15) is 10.0 Å². The highest BCUT2D eigenvalue weighted by Crippen LogP contribution is 2.33. The molecule has 0 aliphatic carbocycles. The summed E-state index contributed by atoms with van der Waals surface area (Å²) in [6, 6.07) is 9.54. The fourth-order valence-corrected chi connectivity index (χ4v) is 2.74. The topological polar surface area (TPSA) is 49.9 Å². The van der Waals surface area contributed by atoms with Crippen LogP contribution in [0.25, 0.3) is 0 Å². The van der Waals surface area contributed by atoms with E-state index < -0.39 is 6.09 Å². The van der Waals surface area contributed by atoms with Crippen molar-refractivity contribution < 1.29 is 14.3 Å². The van der Waals surface area contributed by atoms with Crippen LogP contribution in [0, 0.1) is 0 Å². The Hall–Kier alpha value is -1.88. The van der Waals surface area contributed by atoms with Gasteiger partial charge in [0.1, 0.15) is 6.10 Å². The molecule has 1 aliphatic rings. The highest BCUT2D eigenvalue weighted by Gasteiger charge is 2.44. The average Bonchev–Trinajstić information content (AvgIpc) is 2.48. The molecule has 1 aromatic carbocycles. The normalized spacial score (nSPS) is 23.3. The van der Waals surface area contributed by atoms with Crippen molar-refractivity contribution in [3.63, 3.8) is 0 Å². The van der Waals surface area contributed by atoms with Crippen LogP contribution in [-0.2, 0) is 9.53 Å². The van der Waals surface area contributed by atoms with Crippen molar-refractivity contribution in [3.05, 3.63) is 35.9 Å². The van der Waals surface area contributed by atoms with Gasteiger partial charge in [-0.1, -0.05) is 37.3 Å². The number of cyclic esters (lactones) is 1. The largest absolute Gasteiger partial charge is 0.438 e. The number of ether oxygens (including phenoxy) is 1. The van der Waals surface area contributed by atoms with E-state index in [0.717, 1.165) is 10.6 Å². The number of carbonyl (C=O) groups excluding carboxylic acids is 2. The minimum absolute atomic E-state index is 0.0227. The summed E-state index contributed by atoms with van der Waals surface area (Å²) < 4.78 is 5.53. The van der Waals surface area contributed by atoms with Crippen LogP contribution < -0.4 is 0 Å². The van der Waals surface area contributed by atoms with Crippen LogP contribution >= 0.6 is 0 Å². The number of amides is 2. The van der Waals surface area contributed by atoms with Crippen LogP contribution in [0.15, 0.2) is 30.3 Å². The lowest BCUT2D eigenvalue weighted by molar-refractivity contribution is -0.174. The van der Waals surface area contributed by atoms with Crippen molar-refractivity contribution in [1.29, 1.82) is 0 Å². The quantitative estimate of drug-likeness (QED) is 0.858. The van der Waals surface area contributed by atoms with Crippen molar-refractivity contribution in [2.75, 3.05) is 0 Å². The molecule has 1 aliphatic heterocycles. The fraction of sp³-hybridized carbons (Fsp3) is 0.500. The van der Waals surface area contributed by atoms with E-state index >= 15 is 0 Å². The first kappa shape index (κ1) is 15.5. The summed E-state index contributed by atoms with van der Waals surface area (Å²) in [4.78, 5) is 24.3. The monoisotopic (exact) mass is 290 g/mol. The molecule has 0 N–H and O–H groups in total. The first-order valence-electron chi connectivity index (χ1n) is 7.34. The smallest absolute Gasteiger partial charge is 0.432 e. The van der Waals surface area contributed by atoms with E-state index in [1.807, 2.05) is 56.1 Å². The van der Waals surface area contributed by atoms with Gasteiger partial charge in [-0.3, -0.25) is 4.79 Å². The van der Waals surface area contributed by atoms with E-state index in [0.29, 0.717) is 0 Å². The van der Waals surface area contributed by atoms with Crippen molar-refractivity contribution in [2.45, 2.75) is 52.3 Å². The van der Waals surface area contributed by atoms with Crippen LogP contribution in [-0.4, -0.2) is 34.1 Å². The Labute approximate surface area is 125 Å². The van der Waals surface area contributed by atoms with Gasteiger partial charge in [-0.15, -0.1) is 0 Å². The Balaban J connectivity index is 2.36. The molecule has 0 radical (unpaired) electrons. The van der Waals surface area contributed by atoms with Gasteiger partial charge in [-0.25, -0.2) is 4.79 Å². The molecule has 2 rings (SSSR count). The molecule has 0 saturated carbocycles. The van der Waals surface area contributed by atoms with E-state index in [2.05, 4.69) is 0 Å². The maximum Gasteiger partial charge on any atom is 0.432 e. The standard InChI is InChI=1S/C16H22N2O3/c1-5-14(19)18-16(20)21-15(12(4)17(18)11(2)3)13-9-7-6-8-10-13/h6-12,15H,5H2,1-4H3/t12-,15-/m0/s1. The predicted octanol–water partition coefficient (Wildman–Crippen LogP) is 3.13. The lowest BCUT2D eigenvalue weighted by Crippen LogP contribution is -2.62. The summed E-state index contributed by atoms with van der Waals surface area (Å²) in [5.41, 5.74) is 0.938.